The molecule has 1 atom stereocenters. The number of amides is 3. The first-order chi connectivity index (χ1) is 14.0. The molecule has 2 aromatic rings. The van der Waals surface area contributed by atoms with Crippen LogP contribution >= 0.6 is 15.9 Å². The van der Waals surface area contributed by atoms with Gasteiger partial charge in [-0.3, -0.25) is 24.5 Å². The number of imide groups is 1. The van der Waals surface area contributed by atoms with Crippen molar-refractivity contribution in [3.63, 3.8) is 0 Å². The van der Waals surface area contributed by atoms with Gasteiger partial charge in [-0.15, -0.1) is 0 Å². The summed E-state index contributed by atoms with van der Waals surface area (Å²) in [4.78, 5) is 51.9. The van der Waals surface area contributed by atoms with Gasteiger partial charge in [-0.05, 0) is 57.2 Å². The van der Waals surface area contributed by atoms with Crippen molar-refractivity contribution in [2.24, 2.45) is 0 Å². The molecule has 8 nitrogen and oxygen atoms in total. The summed E-state index contributed by atoms with van der Waals surface area (Å²) in [6, 6.07) is 11.0. The molecule has 1 heterocycles. The molecule has 2 aromatic carbocycles. The molecule has 1 unspecified atom stereocenters. The van der Waals surface area contributed by atoms with E-state index in [1.54, 1.807) is 45.0 Å². The van der Waals surface area contributed by atoms with Crippen LogP contribution in [0.2, 0.25) is 0 Å². The van der Waals surface area contributed by atoms with E-state index < -0.39 is 34.2 Å². The molecule has 0 aromatic heterocycles. The third kappa shape index (κ3) is 4.11. The molecule has 1 saturated heterocycles. The van der Waals surface area contributed by atoms with E-state index in [0.717, 1.165) is 9.37 Å². The monoisotopic (exact) mass is 473 g/mol. The zero-order chi connectivity index (χ0) is 22.2. The molecule has 1 aliphatic rings. The lowest BCUT2D eigenvalue weighted by atomic mass is 9.99. The highest BCUT2D eigenvalue weighted by Crippen LogP contribution is 2.31. The maximum absolute atomic E-state index is 13.3. The Kier molecular flexibility index (Phi) is 5.76. The van der Waals surface area contributed by atoms with E-state index in [1.807, 2.05) is 0 Å². The smallest absolute Gasteiger partial charge is 0.269 e. The number of benzene rings is 2. The largest absolute Gasteiger partial charge is 0.321 e. The summed E-state index contributed by atoms with van der Waals surface area (Å²) in [7, 11) is 0. The summed E-state index contributed by atoms with van der Waals surface area (Å²) in [5.41, 5.74) is -0.262. The maximum atomic E-state index is 13.3. The molecule has 1 aliphatic heterocycles. The fraction of sp³-hybridized carbons (Fsp3) is 0.286. The molecule has 0 bridgehead atoms. The second kappa shape index (κ2) is 7.98. The van der Waals surface area contributed by atoms with Gasteiger partial charge in [-0.25, -0.2) is 4.90 Å². The minimum Gasteiger partial charge on any atom is -0.321 e. The molecule has 9 heteroatoms. The average Bonchev–Trinajstić information content (AvgIpc) is 2.95. The summed E-state index contributed by atoms with van der Waals surface area (Å²) >= 11 is 3.32. The molecule has 0 spiro atoms. The van der Waals surface area contributed by atoms with E-state index in [2.05, 4.69) is 15.9 Å². The Hall–Kier alpha value is -3.07. The van der Waals surface area contributed by atoms with Crippen LogP contribution in [0.15, 0.2) is 53.0 Å². The number of nitro groups is 1. The number of nitro benzene ring substituents is 1. The van der Waals surface area contributed by atoms with Crippen molar-refractivity contribution in [1.29, 1.82) is 0 Å². The molecule has 30 heavy (non-hydrogen) atoms. The lowest BCUT2D eigenvalue weighted by Crippen LogP contribution is -2.54. The molecule has 156 valence electrons. The van der Waals surface area contributed by atoms with Crippen LogP contribution in [0.1, 0.15) is 37.6 Å². The Morgan fingerprint density at radius 2 is 1.67 bits per heavy atom. The van der Waals surface area contributed by atoms with Gasteiger partial charge in [0, 0.05) is 27.7 Å². The van der Waals surface area contributed by atoms with E-state index in [4.69, 9.17) is 0 Å². The number of rotatable bonds is 4. The molecule has 0 N–H and O–H groups in total. The van der Waals surface area contributed by atoms with Crippen LogP contribution in [0.3, 0.4) is 0 Å². The second-order valence-electron chi connectivity index (χ2n) is 7.91. The number of hydrogen-bond donors (Lipinski definition) is 0. The predicted molar refractivity (Wildman–Crippen MR) is 114 cm³/mol. The lowest BCUT2D eigenvalue weighted by Gasteiger charge is -2.39. The number of anilines is 1. The van der Waals surface area contributed by atoms with Gasteiger partial charge in [0.05, 0.1) is 17.0 Å². The van der Waals surface area contributed by atoms with Gasteiger partial charge >= 0.3 is 0 Å². The molecular weight excluding hydrogens is 454 g/mol. The number of non-ortho nitro benzene ring substituents is 1. The SMILES string of the molecule is CC(C)(C)N(C(=O)c1ccc([N+](=O)[O-])cc1)C1CC(=O)N(c2ccc(Br)cc2)C1=O. The van der Waals surface area contributed by atoms with E-state index in [-0.39, 0.29) is 17.7 Å². The molecule has 0 radical (unpaired) electrons. The van der Waals surface area contributed by atoms with Crippen molar-refractivity contribution in [3.05, 3.63) is 68.7 Å². The van der Waals surface area contributed by atoms with Gasteiger partial charge in [0.2, 0.25) is 5.91 Å². The summed E-state index contributed by atoms with van der Waals surface area (Å²) in [6.07, 6.45) is -0.134. The fourth-order valence-corrected chi connectivity index (χ4v) is 3.72. The fourth-order valence-electron chi connectivity index (χ4n) is 3.46. The van der Waals surface area contributed by atoms with Crippen LogP contribution in [0.5, 0.6) is 0 Å². The highest BCUT2D eigenvalue weighted by atomic mass is 79.9. The number of halogens is 1. The molecule has 0 aliphatic carbocycles. The number of nitrogens with zero attached hydrogens (tertiary/aromatic N) is 3. The Morgan fingerprint density at radius 3 is 2.17 bits per heavy atom. The molecule has 3 amide bonds. The normalized spacial score (nSPS) is 16.7. The first-order valence-corrected chi connectivity index (χ1v) is 10.0. The third-order valence-electron chi connectivity index (χ3n) is 4.79. The Morgan fingerprint density at radius 1 is 1.10 bits per heavy atom. The minimum absolute atomic E-state index is 0.134. The molecule has 3 rings (SSSR count). The first kappa shape index (κ1) is 21.6. The highest BCUT2D eigenvalue weighted by molar-refractivity contribution is 9.10. The van der Waals surface area contributed by atoms with E-state index in [0.29, 0.717) is 5.69 Å². The third-order valence-corrected chi connectivity index (χ3v) is 5.31. The summed E-state index contributed by atoms with van der Waals surface area (Å²) in [6.45, 7) is 5.32. The van der Waals surface area contributed by atoms with Crippen molar-refractivity contribution in [2.45, 2.75) is 38.8 Å². The van der Waals surface area contributed by atoms with Gasteiger partial charge in [0.25, 0.3) is 17.5 Å². The van der Waals surface area contributed by atoms with Crippen LogP contribution in [0, 0.1) is 10.1 Å². The van der Waals surface area contributed by atoms with Crippen LogP contribution in [0.25, 0.3) is 0 Å². The average molecular weight is 474 g/mol. The van der Waals surface area contributed by atoms with E-state index in [1.165, 1.54) is 29.2 Å². The number of hydrogen-bond acceptors (Lipinski definition) is 5. The van der Waals surface area contributed by atoms with E-state index in [9.17, 15) is 24.5 Å². The predicted octanol–water partition coefficient (Wildman–Crippen LogP) is 3.93. The Balaban J connectivity index is 1.95. The van der Waals surface area contributed by atoms with Gasteiger partial charge in [0.15, 0.2) is 0 Å². The van der Waals surface area contributed by atoms with Crippen molar-refractivity contribution in [2.75, 3.05) is 4.90 Å². The number of carbonyl (C=O) groups excluding carboxylic acids is 3. The molecular formula is C21H20BrN3O5. The van der Waals surface area contributed by atoms with Crippen LogP contribution in [0.4, 0.5) is 11.4 Å². The summed E-state index contributed by atoms with van der Waals surface area (Å²) in [5, 5.41) is 10.9. The molecule has 0 saturated carbocycles. The highest BCUT2D eigenvalue weighted by Gasteiger charge is 2.47. The zero-order valence-corrected chi connectivity index (χ0v) is 18.3. The maximum Gasteiger partial charge on any atom is 0.269 e. The van der Waals surface area contributed by atoms with Gasteiger partial charge in [-0.2, -0.15) is 0 Å². The standard InChI is InChI=1S/C21H20BrN3O5/c1-21(2,3)24(19(27)13-4-8-16(9-5-13)25(29)30)17-12-18(26)23(20(17)28)15-10-6-14(22)7-11-15/h4-11,17H,12H2,1-3H3. The lowest BCUT2D eigenvalue weighted by molar-refractivity contribution is -0.384. The van der Waals surface area contributed by atoms with Crippen LogP contribution in [-0.4, -0.2) is 39.1 Å². The van der Waals surface area contributed by atoms with Gasteiger partial charge in [-0.1, -0.05) is 15.9 Å². The van der Waals surface area contributed by atoms with E-state index >= 15 is 0 Å². The summed E-state index contributed by atoms with van der Waals surface area (Å²) < 4.78 is 0.812. The second-order valence-corrected chi connectivity index (χ2v) is 8.83. The van der Waals surface area contributed by atoms with Crippen molar-refractivity contribution >= 4 is 45.0 Å². The van der Waals surface area contributed by atoms with Crippen molar-refractivity contribution < 1.29 is 19.3 Å². The Labute approximate surface area is 181 Å². The van der Waals surface area contributed by atoms with Crippen molar-refractivity contribution in [3.8, 4) is 0 Å². The molecule has 1 fully saturated rings. The number of carbonyl (C=O) groups is 3. The quantitative estimate of drug-likeness (QED) is 0.380. The zero-order valence-electron chi connectivity index (χ0n) is 16.7. The van der Waals surface area contributed by atoms with Crippen LogP contribution in [-0.2, 0) is 9.59 Å². The van der Waals surface area contributed by atoms with Gasteiger partial charge in [0.1, 0.15) is 6.04 Å². The van der Waals surface area contributed by atoms with Crippen molar-refractivity contribution in [1.82, 2.24) is 4.90 Å². The topological polar surface area (TPSA) is 101 Å². The van der Waals surface area contributed by atoms with Crippen LogP contribution < -0.4 is 4.90 Å². The Bertz CT molecular complexity index is 1010. The van der Waals surface area contributed by atoms with Gasteiger partial charge < -0.3 is 4.90 Å². The first-order valence-electron chi connectivity index (χ1n) is 9.21. The summed E-state index contributed by atoms with van der Waals surface area (Å²) in [5.74, 6) is -1.34. The minimum atomic E-state index is -0.969.